The molecule has 0 aromatic rings. The fourth-order valence-electron chi connectivity index (χ4n) is 1.02. The Morgan fingerprint density at radius 1 is 1.69 bits per heavy atom. The summed E-state index contributed by atoms with van der Waals surface area (Å²) in [6.45, 7) is 6.91. The van der Waals surface area contributed by atoms with Crippen molar-refractivity contribution in [1.29, 1.82) is 0 Å². The minimum absolute atomic E-state index is 0.00991. The number of hydrogen-bond acceptors (Lipinski definition) is 4. The Morgan fingerprint density at radius 2 is 2.31 bits per heavy atom. The Kier molecular flexibility index (Phi) is 2.70. The maximum Gasteiger partial charge on any atom is 0.347 e. The lowest BCUT2D eigenvalue weighted by molar-refractivity contribution is -0.146. The van der Waals surface area contributed by atoms with Crippen molar-refractivity contribution < 1.29 is 19.1 Å². The van der Waals surface area contributed by atoms with Gasteiger partial charge in [-0.1, -0.05) is 13.5 Å². The van der Waals surface area contributed by atoms with Gasteiger partial charge in [0.05, 0.1) is 6.61 Å². The monoisotopic (exact) mass is 184 g/mol. The quantitative estimate of drug-likeness (QED) is 0.367. The van der Waals surface area contributed by atoms with Crippen LogP contribution in [0.5, 0.6) is 0 Å². The largest absolute Gasteiger partial charge is 0.475 e. The number of carbonyl (C=O) groups is 2. The summed E-state index contributed by atoms with van der Waals surface area (Å²) in [4.78, 5) is 21.8. The Hall–Kier alpha value is -1.32. The van der Waals surface area contributed by atoms with E-state index in [1.807, 2.05) is 6.92 Å². The van der Waals surface area contributed by atoms with Crippen molar-refractivity contribution in [2.75, 3.05) is 6.61 Å². The highest BCUT2D eigenvalue weighted by molar-refractivity contribution is 5.91. The molecule has 0 aliphatic carbocycles. The predicted octanol–water partition coefficient (Wildman–Crippen LogP) is 0.667. The number of carbonyl (C=O) groups excluding carboxylic acids is 2. The molecule has 0 amide bonds. The minimum atomic E-state index is -0.670. The Labute approximate surface area is 76.5 Å². The second-order valence-corrected chi connectivity index (χ2v) is 3.13. The molecular formula is C9H12O4. The summed E-state index contributed by atoms with van der Waals surface area (Å²) in [6.07, 6.45) is -0.670. The van der Waals surface area contributed by atoms with Crippen LogP contribution in [0, 0.1) is 5.92 Å². The van der Waals surface area contributed by atoms with Crippen LogP contribution >= 0.6 is 0 Å². The number of rotatable bonds is 3. The summed E-state index contributed by atoms with van der Waals surface area (Å²) in [6, 6.07) is 0. The molecule has 1 fully saturated rings. The normalized spacial score (nSPS) is 26.8. The lowest BCUT2D eigenvalue weighted by Crippen LogP contribution is -2.25. The van der Waals surface area contributed by atoms with Gasteiger partial charge in [0.2, 0.25) is 6.10 Å². The van der Waals surface area contributed by atoms with Gasteiger partial charge in [-0.2, -0.15) is 0 Å². The number of ketones is 1. The van der Waals surface area contributed by atoms with Gasteiger partial charge in [-0.05, 0) is 0 Å². The van der Waals surface area contributed by atoms with Gasteiger partial charge in [0.15, 0.2) is 11.5 Å². The molecule has 1 rings (SSSR count). The molecular weight excluding hydrogens is 172 g/mol. The van der Waals surface area contributed by atoms with Crippen LogP contribution in [0.2, 0.25) is 0 Å². The van der Waals surface area contributed by atoms with Crippen LogP contribution in [0.15, 0.2) is 12.3 Å². The first-order chi connectivity index (χ1) is 6.02. The van der Waals surface area contributed by atoms with Gasteiger partial charge in [-0.15, -0.1) is 0 Å². The molecule has 0 saturated carbocycles. The zero-order valence-corrected chi connectivity index (χ0v) is 7.70. The highest BCUT2D eigenvalue weighted by atomic mass is 16.6. The predicted molar refractivity (Wildman–Crippen MR) is 44.8 cm³/mol. The van der Waals surface area contributed by atoms with Crippen LogP contribution in [0.3, 0.4) is 0 Å². The molecule has 0 bridgehead atoms. The number of allylic oxidation sites excluding steroid dienone is 1. The maximum atomic E-state index is 11.0. The molecule has 4 nitrogen and oxygen atoms in total. The van der Waals surface area contributed by atoms with Crippen LogP contribution in [-0.2, 0) is 19.1 Å². The van der Waals surface area contributed by atoms with Crippen LogP contribution < -0.4 is 0 Å². The third kappa shape index (κ3) is 2.08. The van der Waals surface area contributed by atoms with E-state index in [2.05, 4.69) is 6.58 Å². The van der Waals surface area contributed by atoms with Crippen molar-refractivity contribution in [2.45, 2.75) is 20.0 Å². The van der Waals surface area contributed by atoms with Crippen molar-refractivity contribution in [2.24, 2.45) is 5.92 Å². The summed E-state index contributed by atoms with van der Waals surface area (Å²) in [5, 5.41) is 0. The summed E-state index contributed by atoms with van der Waals surface area (Å²) >= 11 is 0. The van der Waals surface area contributed by atoms with Crippen molar-refractivity contribution in [1.82, 2.24) is 0 Å². The first-order valence-corrected chi connectivity index (χ1v) is 4.05. The third-order valence-electron chi connectivity index (χ3n) is 1.90. The number of cyclic esters (lactones) is 1. The van der Waals surface area contributed by atoms with Crippen molar-refractivity contribution in [3.63, 3.8) is 0 Å². The Morgan fingerprint density at radius 3 is 2.69 bits per heavy atom. The van der Waals surface area contributed by atoms with Crippen LogP contribution in [0.4, 0.5) is 0 Å². The van der Waals surface area contributed by atoms with Crippen molar-refractivity contribution in [3.05, 3.63) is 12.3 Å². The second kappa shape index (κ2) is 3.60. The average molecular weight is 184 g/mol. The van der Waals surface area contributed by atoms with E-state index in [0.717, 1.165) is 0 Å². The van der Waals surface area contributed by atoms with E-state index < -0.39 is 12.1 Å². The second-order valence-electron chi connectivity index (χ2n) is 3.13. The van der Waals surface area contributed by atoms with E-state index in [-0.39, 0.29) is 17.5 Å². The molecule has 72 valence electrons. The fourth-order valence-corrected chi connectivity index (χ4v) is 1.02. The Balaban J connectivity index is 2.57. The van der Waals surface area contributed by atoms with Gasteiger partial charge in [-0.3, -0.25) is 4.79 Å². The fraction of sp³-hybridized carbons (Fsp3) is 0.556. The molecule has 1 saturated heterocycles. The van der Waals surface area contributed by atoms with E-state index >= 15 is 0 Å². The van der Waals surface area contributed by atoms with E-state index in [0.29, 0.717) is 6.61 Å². The van der Waals surface area contributed by atoms with E-state index in [1.165, 1.54) is 6.92 Å². The molecule has 2 atom stereocenters. The molecule has 4 heteroatoms. The summed E-state index contributed by atoms with van der Waals surface area (Å²) in [7, 11) is 0. The van der Waals surface area contributed by atoms with Crippen LogP contribution in [0.25, 0.3) is 0 Å². The molecule has 1 heterocycles. The van der Waals surface area contributed by atoms with Gasteiger partial charge in [-0.25, -0.2) is 4.79 Å². The van der Waals surface area contributed by atoms with Crippen molar-refractivity contribution >= 4 is 11.8 Å². The van der Waals surface area contributed by atoms with Gasteiger partial charge >= 0.3 is 5.97 Å². The average Bonchev–Trinajstić information content (AvgIpc) is 2.35. The molecule has 1 aliphatic heterocycles. The SMILES string of the molecule is C=C(OC1C(=O)OCC1C)C(C)=O. The number of esters is 1. The zero-order valence-electron chi connectivity index (χ0n) is 7.70. The number of hydrogen-bond donors (Lipinski definition) is 0. The highest BCUT2D eigenvalue weighted by Gasteiger charge is 2.36. The summed E-state index contributed by atoms with van der Waals surface area (Å²) < 4.78 is 9.82. The molecule has 0 aromatic carbocycles. The topological polar surface area (TPSA) is 52.6 Å². The Bertz CT molecular complexity index is 256. The molecule has 0 N–H and O–H groups in total. The van der Waals surface area contributed by atoms with Crippen LogP contribution in [-0.4, -0.2) is 24.5 Å². The number of Topliss-reactive ketones (excluding diaryl/α,β-unsaturated/α-hetero) is 1. The van der Waals surface area contributed by atoms with Gasteiger partial charge < -0.3 is 9.47 Å². The maximum absolute atomic E-state index is 11.0. The van der Waals surface area contributed by atoms with E-state index in [4.69, 9.17) is 9.47 Å². The summed E-state index contributed by atoms with van der Waals surface area (Å²) in [5.41, 5.74) is 0. The van der Waals surface area contributed by atoms with Gasteiger partial charge in [0.1, 0.15) is 0 Å². The lowest BCUT2D eigenvalue weighted by atomic mass is 10.1. The van der Waals surface area contributed by atoms with E-state index in [1.54, 1.807) is 0 Å². The van der Waals surface area contributed by atoms with Crippen LogP contribution in [0.1, 0.15) is 13.8 Å². The van der Waals surface area contributed by atoms with E-state index in [9.17, 15) is 9.59 Å². The van der Waals surface area contributed by atoms with Gasteiger partial charge in [0.25, 0.3) is 0 Å². The first kappa shape index (κ1) is 9.77. The highest BCUT2D eigenvalue weighted by Crippen LogP contribution is 2.19. The molecule has 13 heavy (non-hydrogen) atoms. The third-order valence-corrected chi connectivity index (χ3v) is 1.90. The summed E-state index contributed by atoms with van der Waals surface area (Å²) in [5.74, 6) is -0.707. The smallest absolute Gasteiger partial charge is 0.347 e. The molecule has 0 spiro atoms. The van der Waals surface area contributed by atoms with Gasteiger partial charge in [0, 0.05) is 12.8 Å². The minimum Gasteiger partial charge on any atom is -0.475 e. The molecule has 0 aromatic heterocycles. The van der Waals surface area contributed by atoms with Crippen molar-refractivity contribution in [3.8, 4) is 0 Å². The zero-order chi connectivity index (χ0) is 10.0. The number of ether oxygens (including phenoxy) is 2. The first-order valence-electron chi connectivity index (χ1n) is 4.05. The lowest BCUT2D eigenvalue weighted by Gasteiger charge is -2.13. The standard InChI is InChI=1S/C9H12O4/c1-5-4-12-9(11)8(5)13-7(3)6(2)10/h5,8H,3-4H2,1-2H3. The molecule has 1 aliphatic rings. The molecule has 2 unspecified atom stereocenters. The molecule has 0 radical (unpaired) electrons.